The van der Waals surface area contributed by atoms with Crippen molar-refractivity contribution in [3.63, 3.8) is 0 Å². The summed E-state index contributed by atoms with van der Waals surface area (Å²) in [7, 11) is 0. The van der Waals surface area contributed by atoms with Crippen LogP contribution >= 0.6 is 0 Å². The Balaban J connectivity index is 0.00000289. The summed E-state index contributed by atoms with van der Waals surface area (Å²) in [5.74, 6) is 0.791. The Kier molecular flexibility index (Phi) is 5.72. The molecule has 0 saturated carbocycles. The van der Waals surface area contributed by atoms with Crippen molar-refractivity contribution in [1.82, 2.24) is 39.9 Å². The molecule has 211 valence electrons. The van der Waals surface area contributed by atoms with Crippen LogP contribution in [0.25, 0.3) is 89.7 Å². The molecule has 0 fully saturated rings. The molecule has 7 aromatic rings. The van der Waals surface area contributed by atoms with E-state index >= 15 is 0 Å². The van der Waals surface area contributed by atoms with Crippen molar-refractivity contribution in [3.05, 3.63) is 96.6 Å². The fourth-order valence-electron chi connectivity index (χ4n) is 5.87. The van der Waals surface area contributed by atoms with Crippen LogP contribution < -0.4 is 0 Å². The molecule has 0 aliphatic carbocycles. The molecule has 5 heterocycles. The SMILES string of the molecule is O=C(O)c1cccc2c3nc4nc(nc5[nH]c(nc6nc(nc([nH]3)c12)-c1ccccc1-6)c1ccccc51)-c1ccccc1-4.[Rh]. The number of aromatic carboxylic acids is 1. The van der Waals surface area contributed by atoms with E-state index < -0.39 is 5.97 Å². The van der Waals surface area contributed by atoms with Crippen molar-refractivity contribution in [3.8, 4) is 45.6 Å². The monoisotopic (exact) mass is 661 g/mol. The van der Waals surface area contributed by atoms with Gasteiger partial charge in [-0.3, -0.25) is 0 Å². The third-order valence-electron chi connectivity index (χ3n) is 7.81. The Morgan fingerprint density at radius 3 is 1.34 bits per heavy atom. The van der Waals surface area contributed by atoms with Gasteiger partial charge in [0.25, 0.3) is 0 Å². The molecule has 3 aromatic heterocycles. The van der Waals surface area contributed by atoms with E-state index in [0.29, 0.717) is 56.7 Å². The molecule has 10 nitrogen and oxygen atoms in total. The Bertz CT molecular complexity index is 2510. The third kappa shape index (κ3) is 3.79. The molecule has 0 amide bonds. The van der Waals surface area contributed by atoms with Crippen LogP contribution in [-0.4, -0.2) is 50.9 Å². The second kappa shape index (κ2) is 9.69. The Labute approximate surface area is 260 Å². The van der Waals surface area contributed by atoms with Crippen molar-refractivity contribution >= 4 is 50.1 Å². The van der Waals surface area contributed by atoms with Gasteiger partial charge in [0.05, 0.1) is 5.56 Å². The summed E-state index contributed by atoms with van der Waals surface area (Å²) >= 11 is 0. The van der Waals surface area contributed by atoms with Gasteiger partial charge in [-0.05, 0) is 6.07 Å². The van der Waals surface area contributed by atoms with Crippen LogP contribution in [-0.2, 0) is 19.5 Å². The minimum absolute atomic E-state index is 0. The molecule has 0 spiro atoms. The first-order valence-electron chi connectivity index (χ1n) is 13.6. The molecule has 8 bridgehead atoms. The third-order valence-corrected chi connectivity index (χ3v) is 7.81. The molecular formula is C33H18N8O2Rh. The summed E-state index contributed by atoms with van der Waals surface area (Å²) in [5.41, 5.74) is 5.36. The van der Waals surface area contributed by atoms with E-state index in [1.54, 1.807) is 12.1 Å². The zero-order valence-electron chi connectivity index (χ0n) is 22.5. The minimum atomic E-state index is -1.07. The quantitative estimate of drug-likeness (QED) is 0.168. The Hall–Kier alpha value is -5.67. The Morgan fingerprint density at radius 1 is 0.477 bits per heavy atom. The van der Waals surface area contributed by atoms with Crippen LogP contribution in [0.3, 0.4) is 0 Å². The van der Waals surface area contributed by atoms with Crippen molar-refractivity contribution in [2.45, 2.75) is 0 Å². The molecule has 4 aromatic carbocycles. The van der Waals surface area contributed by atoms with Crippen molar-refractivity contribution in [1.29, 1.82) is 0 Å². The van der Waals surface area contributed by atoms with E-state index in [9.17, 15) is 9.90 Å². The number of rotatable bonds is 1. The zero-order chi connectivity index (χ0) is 28.7. The van der Waals surface area contributed by atoms with Crippen molar-refractivity contribution < 1.29 is 29.4 Å². The van der Waals surface area contributed by atoms with E-state index in [-0.39, 0.29) is 25.0 Å². The zero-order valence-corrected chi connectivity index (χ0v) is 24.2. The summed E-state index contributed by atoms with van der Waals surface area (Å²) in [6.45, 7) is 0. The van der Waals surface area contributed by atoms with Crippen LogP contribution in [0.5, 0.6) is 0 Å². The number of carbonyl (C=O) groups is 1. The number of benzene rings is 4. The second-order valence-corrected chi connectivity index (χ2v) is 10.3. The number of hydrogen-bond acceptors (Lipinski definition) is 7. The van der Waals surface area contributed by atoms with E-state index in [2.05, 4.69) is 9.97 Å². The number of fused-ring (bicyclic) bond motifs is 20. The van der Waals surface area contributed by atoms with Crippen LogP contribution in [0.2, 0.25) is 0 Å². The molecule has 2 aliphatic heterocycles. The molecule has 44 heavy (non-hydrogen) atoms. The summed E-state index contributed by atoms with van der Waals surface area (Å²) in [5, 5.41) is 12.9. The van der Waals surface area contributed by atoms with Gasteiger partial charge in [0.2, 0.25) is 0 Å². The Morgan fingerprint density at radius 2 is 0.864 bits per heavy atom. The van der Waals surface area contributed by atoms with Gasteiger partial charge < -0.3 is 15.1 Å². The van der Waals surface area contributed by atoms with Crippen molar-refractivity contribution in [2.24, 2.45) is 0 Å². The average Bonchev–Trinajstić information content (AvgIpc) is 3.76. The first-order chi connectivity index (χ1) is 21.1. The number of carboxylic acids is 1. The van der Waals surface area contributed by atoms with Crippen LogP contribution in [0.15, 0.2) is 91.0 Å². The van der Waals surface area contributed by atoms with Crippen LogP contribution in [0.1, 0.15) is 10.4 Å². The van der Waals surface area contributed by atoms with Gasteiger partial charge in [-0.15, -0.1) is 0 Å². The summed E-state index contributed by atoms with van der Waals surface area (Å²) in [6.07, 6.45) is 0. The first kappa shape index (κ1) is 26.0. The molecule has 0 atom stereocenters. The molecule has 11 heteroatoms. The second-order valence-electron chi connectivity index (χ2n) is 10.3. The van der Waals surface area contributed by atoms with E-state index in [0.717, 1.165) is 33.0 Å². The van der Waals surface area contributed by atoms with Gasteiger partial charge in [0, 0.05) is 63.3 Å². The number of hydrogen-bond donors (Lipinski definition) is 3. The fraction of sp³-hybridized carbons (Fsp3) is 0. The number of carboxylic acid groups (broad SMARTS) is 1. The maximum Gasteiger partial charge on any atom is 0.336 e. The molecule has 2 aliphatic rings. The first-order valence-corrected chi connectivity index (χ1v) is 13.6. The molecule has 9 rings (SSSR count). The maximum atomic E-state index is 12.3. The summed E-state index contributed by atoms with van der Waals surface area (Å²) in [6, 6.07) is 28.5. The molecule has 1 radical (unpaired) electrons. The van der Waals surface area contributed by atoms with Gasteiger partial charge in [0.1, 0.15) is 22.6 Å². The van der Waals surface area contributed by atoms with Gasteiger partial charge in [-0.25, -0.2) is 34.7 Å². The van der Waals surface area contributed by atoms with Crippen LogP contribution in [0.4, 0.5) is 0 Å². The number of aromatic amines is 2. The maximum absolute atomic E-state index is 12.3. The largest absolute Gasteiger partial charge is 0.478 e. The molecule has 3 N–H and O–H groups in total. The van der Waals surface area contributed by atoms with Gasteiger partial charge in [-0.2, -0.15) is 0 Å². The fourth-order valence-corrected chi connectivity index (χ4v) is 5.87. The van der Waals surface area contributed by atoms with Gasteiger partial charge in [0.15, 0.2) is 23.3 Å². The number of nitrogens with one attached hydrogen (secondary N) is 2. The molecular weight excluding hydrogens is 643 g/mol. The predicted octanol–water partition coefficient (Wildman–Crippen LogP) is 6.56. The standard InChI is InChI=1S/C33H18N8O2.Rh/c42-33(43)23-15-7-14-22-24(23)32-40-30-21-13-6-5-12-20(21)28(38-30)36-26-17-9-2-1-8-16(17)25(34-26)35-27-18-10-3-4-11-19(18)29(37-27)39-31(22)41-32;/h1-15H,(H,42,43)(H2,34,35,36,37,38,39,40,41);. The minimum Gasteiger partial charge on any atom is -0.478 e. The van der Waals surface area contributed by atoms with E-state index in [1.807, 2.05) is 78.9 Å². The van der Waals surface area contributed by atoms with Gasteiger partial charge in [-0.1, -0.05) is 84.9 Å². The van der Waals surface area contributed by atoms with Crippen molar-refractivity contribution in [2.75, 3.05) is 0 Å². The number of aromatic nitrogens is 8. The topological polar surface area (TPSA) is 146 Å². The van der Waals surface area contributed by atoms with Crippen LogP contribution in [0, 0.1) is 0 Å². The smallest absolute Gasteiger partial charge is 0.336 e. The van der Waals surface area contributed by atoms with E-state index in [4.69, 9.17) is 29.9 Å². The van der Waals surface area contributed by atoms with Gasteiger partial charge >= 0.3 is 5.97 Å². The normalized spacial score (nSPS) is 11.6. The van der Waals surface area contributed by atoms with E-state index in [1.165, 1.54) is 0 Å². The predicted molar refractivity (Wildman–Crippen MR) is 163 cm³/mol. The number of nitrogens with zero attached hydrogens (tertiary/aromatic N) is 6. The number of H-pyrrole nitrogens is 2. The molecule has 0 saturated heterocycles. The summed E-state index contributed by atoms with van der Waals surface area (Å²) < 4.78 is 0. The molecule has 0 unspecified atom stereocenters. The average molecular weight is 661 g/mol. The summed E-state index contributed by atoms with van der Waals surface area (Å²) in [4.78, 5) is 48.5.